The number of fused-ring (bicyclic) bond motifs is 1. The Morgan fingerprint density at radius 2 is 1.93 bits per heavy atom. The van der Waals surface area contributed by atoms with Crippen LogP contribution in [-0.4, -0.2) is 27.1 Å². The molecule has 0 saturated heterocycles. The van der Waals surface area contributed by atoms with Crippen molar-refractivity contribution in [3.8, 4) is 11.3 Å². The van der Waals surface area contributed by atoms with Crippen LogP contribution in [0.2, 0.25) is 0 Å². The fourth-order valence-corrected chi connectivity index (χ4v) is 3.92. The number of carboxylic acids is 1. The van der Waals surface area contributed by atoms with Gasteiger partial charge in [-0.05, 0) is 42.4 Å². The maximum Gasteiger partial charge on any atom is 0.320 e. The van der Waals surface area contributed by atoms with E-state index in [9.17, 15) is 4.79 Å². The first kappa shape index (κ1) is 19.8. The summed E-state index contributed by atoms with van der Waals surface area (Å²) >= 11 is 0. The molecular weight excluding hydrogens is 378 g/mol. The zero-order valence-electron chi connectivity index (χ0n) is 16.6. The number of nitrogens with zero attached hydrogens (tertiary/aromatic N) is 2. The number of carboxylic acid groups (broad SMARTS) is 1. The maximum absolute atomic E-state index is 10.9. The number of rotatable bonds is 6. The fraction of sp³-hybridized carbons (Fsp3) is 0.261. The molecule has 0 amide bonds. The summed E-state index contributed by atoms with van der Waals surface area (Å²) < 4.78 is 0. The third-order valence-corrected chi connectivity index (χ3v) is 5.46. The van der Waals surface area contributed by atoms with Crippen LogP contribution >= 0.6 is 0 Å². The van der Waals surface area contributed by atoms with Crippen molar-refractivity contribution in [3.63, 3.8) is 0 Å². The van der Waals surface area contributed by atoms with Crippen molar-refractivity contribution < 1.29 is 9.90 Å². The lowest BCUT2D eigenvalue weighted by Gasteiger charge is -2.27. The predicted octanol–water partition coefficient (Wildman–Crippen LogP) is 3.17. The molecule has 0 aliphatic heterocycles. The molecule has 2 aromatic carbocycles. The Labute approximate surface area is 175 Å². The van der Waals surface area contributed by atoms with E-state index < -0.39 is 12.0 Å². The predicted molar refractivity (Wildman–Crippen MR) is 117 cm³/mol. The number of benzene rings is 2. The van der Waals surface area contributed by atoms with E-state index in [-0.39, 0.29) is 18.4 Å². The van der Waals surface area contributed by atoms with Gasteiger partial charge in [-0.1, -0.05) is 48.5 Å². The molecule has 1 aromatic heterocycles. The second-order valence-electron chi connectivity index (χ2n) is 7.63. The first-order valence-corrected chi connectivity index (χ1v) is 10.1. The number of hydrogen-bond acceptors (Lipinski definition) is 6. The molecule has 0 bridgehead atoms. The van der Waals surface area contributed by atoms with Gasteiger partial charge in [-0.25, -0.2) is 4.98 Å². The van der Waals surface area contributed by atoms with Gasteiger partial charge in [0.25, 0.3) is 0 Å². The molecule has 1 aliphatic rings. The Bertz CT molecular complexity index is 1050. The van der Waals surface area contributed by atoms with Crippen LogP contribution in [0.1, 0.15) is 35.6 Å². The van der Waals surface area contributed by atoms with Crippen LogP contribution < -0.4 is 16.8 Å². The van der Waals surface area contributed by atoms with Crippen LogP contribution in [0, 0.1) is 0 Å². The third kappa shape index (κ3) is 4.41. The lowest BCUT2D eigenvalue weighted by molar-refractivity contribution is -0.138. The first-order valence-electron chi connectivity index (χ1n) is 10.1. The number of carbonyl (C=O) groups is 1. The van der Waals surface area contributed by atoms with Crippen molar-refractivity contribution >= 4 is 17.7 Å². The van der Waals surface area contributed by atoms with Crippen molar-refractivity contribution in [2.45, 2.75) is 37.8 Å². The third-order valence-electron chi connectivity index (χ3n) is 5.46. The number of nitrogens with two attached hydrogens (primary N) is 2. The second-order valence-corrected chi connectivity index (χ2v) is 7.63. The van der Waals surface area contributed by atoms with E-state index in [1.807, 2.05) is 30.3 Å². The molecule has 2 atom stereocenters. The molecule has 7 nitrogen and oxygen atoms in total. The Morgan fingerprint density at radius 3 is 2.70 bits per heavy atom. The molecule has 154 valence electrons. The lowest BCUT2D eigenvalue weighted by atomic mass is 9.88. The topological polar surface area (TPSA) is 127 Å². The van der Waals surface area contributed by atoms with Crippen LogP contribution in [0.3, 0.4) is 0 Å². The van der Waals surface area contributed by atoms with E-state index in [1.54, 1.807) is 0 Å². The van der Waals surface area contributed by atoms with Gasteiger partial charge in [-0.15, -0.1) is 0 Å². The Hall–Kier alpha value is -3.45. The Balaban J connectivity index is 1.55. The Morgan fingerprint density at radius 1 is 1.17 bits per heavy atom. The minimum Gasteiger partial charge on any atom is -0.480 e. The molecule has 0 saturated carbocycles. The van der Waals surface area contributed by atoms with Gasteiger partial charge in [0, 0.05) is 11.6 Å². The maximum atomic E-state index is 10.9. The SMILES string of the molecule is Nc1nc(NC2CCCc3ccccc32)cc(-c2ccc(C[C@H](N)C(=O)O)cc2)n1. The second kappa shape index (κ2) is 8.51. The highest BCUT2D eigenvalue weighted by Crippen LogP contribution is 2.32. The highest BCUT2D eigenvalue weighted by atomic mass is 16.4. The van der Waals surface area contributed by atoms with Crippen molar-refractivity contribution in [3.05, 3.63) is 71.3 Å². The lowest BCUT2D eigenvalue weighted by Crippen LogP contribution is -2.32. The molecule has 0 radical (unpaired) electrons. The molecule has 0 spiro atoms. The van der Waals surface area contributed by atoms with E-state index in [4.69, 9.17) is 16.6 Å². The number of nitrogen functional groups attached to an aromatic ring is 1. The van der Waals surface area contributed by atoms with Crippen molar-refractivity contribution in [2.75, 3.05) is 11.1 Å². The zero-order chi connectivity index (χ0) is 21.1. The van der Waals surface area contributed by atoms with Gasteiger partial charge in [0.2, 0.25) is 5.95 Å². The molecule has 1 heterocycles. The van der Waals surface area contributed by atoms with Crippen LogP contribution in [0.15, 0.2) is 54.6 Å². The summed E-state index contributed by atoms with van der Waals surface area (Å²) in [5.74, 6) is -0.116. The number of aryl methyl sites for hydroxylation is 1. The standard InChI is InChI=1S/C23H25N5O2/c24-18(22(29)30)12-14-8-10-16(11-9-14)20-13-21(28-23(25)27-20)26-19-7-3-5-15-4-1-2-6-17(15)19/h1-2,4,6,8-11,13,18-19H,3,5,7,12,24H2,(H,29,30)(H3,25,26,27,28)/t18-,19?/m0/s1. The van der Waals surface area contributed by atoms with Crippen LogP contribution in [-0.2, 0) is 17.6 Å². The average Bonchev–Trinajstić information content (AvgIpc) is 2.74. The zero-order valence-corrected chi connectivity index (χ0v) is 16.6. The van der Waals surface area contributed by atoms with Gasteiger partial charge in [-0.2, -0.15) is 4.98 Å². The smallest absolute Gasteiger partial charge is 0.320 e. The van der Waals surface area contributed by atoms with E-state index >= 15 is 0 Å². The summed E-state index contributed by atoms with van der Waals surface area (Å²) in [6.07, 6.45) is 3.54. The molecular formula is C23H25N5O2. The minimum absolute atomic E-state index is 0.192. The van der Waals surface area contributed by atoms with E-state index in [0.717, 1.165) is 30.4 Å². The normalized spacial score (nSPS) is 16.5. The van der Waals surface area contributed by atoms with Gasteiger partial charge in [-0.3, -0.25) is 4.79 Å². The first-order chi connectivity index (χ1) is 14.5. The van der Waals surface area contributed by atoms with Gasteiger partial charge in [0.1, 0.15) is 11.9 Å². The van der Waals surface area contributed by atoms with E-state index in [2.05, 4.69) is 39.6 Å². The summed E-state index contributed by atoms with van der Waals surface area (Å²) in [6.45, 7) is 0. The molecule has 1 unspecified atom stereocenters. The van der Waals surface area contributed by atoms with Crippen LogP contribution in [0.25, 0.3) is 11.3 Å². The molecule has 30 heavy (non-hydrogen) atoms. The Kier molecular flexibility index (Phi) is 5.63. The number of hydrogen-bond donors (Lipinski definition) is 4. The quantitative estimate of drug-likeness (QED) is 0.498. The van der Waals surface area contributed by atoms with Gasteiger partial charge in [0.05, 0.1) is 11.7 Å². The van der Waals surface area contributed by atoms with Gasteiger partial charge in [0.15, 0.2) is 0 Å². The monoisotopic (exact) mass is 403 g/mol. The molecule has 4 rings (SSSR count). The van der Waals surface area contributed by atoms with Crippen LogP contribution in [0.5, 0.6) is 0 Å². The molecule has 6 N–H and O–H groups in total. The number of anilines is 2. The number of aromatic nitrogens is 2. The van der Waals surface area contributed by atoms with Crippen molar-refractivity contribution in [1.82, 2.24) is 9.97 Å². The fourth-order valence-electron chi connectivity index (χ4n) is 3.92. The van der Waals surface area contributed by atoms with E-state index in [0.29, 0.717) is 11.5 Å². The minimum atomic E-state index is -1.01. The summed E-state index contributed by atoms with van der Waals surface area (Å²) in [5, 5.41) is 12.5. The summed E-state index contributed by atoms with van der Waals surface area (Å²) in [7, 11) is 0. The van der Waals surface area contributed by atoms with Gasteiger partial charge < -0.3 is 21.9 Å². The van der Waals surface area contributed by atoms with Gasteiger partial charge >= 0.3 is 5.97 Å². The summed E-state index contributed by atoms with van der Waals surface area (Å²) in [5.41, 5.74) is 16.7. The highest BCUT2D eigenvalue weighted by Gasteiger charge is 2.20. The van der Waals surface area contributed by atoms with Crippen molar-refractivity contribution in [2.24, 2.45) is 5.73 Å². The van der Waals surface area contributed by atoms with Crippen molar-refractivity contribution in [1.29, 1.82) is 0 Å². The number of aliphatic carboxylic acids is 1. The van der Waals surface area contributed by atoms with Crippen LogP contribution in [0.4, 0.5) is 11.8 Å². The molecule has 3 aromatic rings. The molecule has 7 heteroatoms. The largest absolute Gasteiger partial charge is 0.480 e. The summed E-state index contributed by atoms with van der Waals surface area (Å²) in [6, 6.07) is 17.2. The highest BCUT2D eigenvalue weighted by molar-refractivity contribution is 5.73. The average molecular weight is 403 g/mol. The summed E-state index contributed by atoms with van der Waals surface area (Å²) in [4.78, 5) is 19.7. The molecule has 0 fully saturated rings. The number of nitrogens with one attached hydrogen (secondary N) is 1. The molecule has 1 aliphatic carbocycles. The van der Waals surface area contributed by atoms with E-state index in [1.165, 1.54) is 11.1 Å².